The van der Waals surface area contributed by atoms with Gasteiger partial charge in [0.2, 0.25) is 0 Å². The summed E-state index contributed by atoms with van der Waals surface area (Å²) in [5.74, 6) is 0.491. The van der Waals surface area contributed by atoms with Crippen LogP contribution in [-0.2, 0) is 9.47 Å². The van der Waals surface area contributed by atoms with E-state index in [0.29, 0.717) is 38.8 Å². The van der Waals surface area contributed by atoms with Gasteiger partial charge in [0.25, 0.3) is 0 Å². The molecule has 1 saturated heterocycles. The summed E-state index contributed by atoms with van der Waals surface area (Å²) in [4.78, 5) is 12.5. The van der Waals surface area contributed by atoms with E-state index in [1.54, 1.807) is 4.90 Å². The molecule has 0 spiro atoms. The van der Waals surface area contributed by atoms with Gasteiger partial charge in [-0.2, -0.15) is 0 Å². The molecule has 1 heterocycles. The van der Waals surface area contributed by atoms with E-state index in [9.17, 15) is 4.79 Å². The van der Waals surface area contributed by atoms with E-state index in [1.807, 2.05) is 0 Å². The van der Waals surface area contributed by atoms with Crippen molar-refractivity contribution in [3.63, 3.8) is 0 Å². The van der Waals surface area contributed by atoms with E-state index < -0.39 is 0 Å². The van der Waals surface area contributed by atoms with Crippen molar-refractivity contribution in [2.75, 3.05) is 38.8 Å². The van der Waals surface area contributed by atoms with Gasteiger partial charge in [-0.3, -0.25) is 0 Å². The zero-order valence-electron chi connectivity index (χ0n) is 6.79. The lowest BCUT2D eigenvalue weighted by Gasteiger charge is -2.11. The molecule has 4 nitrogen and oxygen atoms in total. The lowest BCUT2D eigenvalue weighted by molar-refractivity contribution is 0.118. The van der Waals surface area contributed by atoms with E-state index in [4.69, 9.17) is 21.1 Å². The predicted octanol–water partition coefficient (Wildman–Crippen LogP) is 0.694. The monoisotopic (exact) mass is 193 g/mol. The number of rotatable bonds is 5. The van der Waals surface area contributed by atoms with Crippen LogP contribution in [-0.4, -0.2) is 49.8 Å². The first-order valence-electron chi connectivity index (χ1n) is 3.90. The maximum Gasteiger partial charge on any atom is 0.410 e. The predicted molar refractivity (Wildman–Crippen MR) is 44.5 cm³/mol. The minimum atomic E-state index is -0.246. The summed E-state index contributed by atoms with van der Waals surface area (Å²) in [7, 11) is 0. The fourth-order valence-corrected chi connectivity index (χ4v) is 1.07. The highest BCUT2D eigenvalue weighted by molar-refractivity contribution is 6.17. The lowest BCUT2D eigenvalue weighted by Crippen LogP contribution is -2.28. The van der Waals surface area contributed by atoms with Gasteiger partial charge < -0.3 is 14.4 Å². The summed E-state index contributed by atoms with van der Waals surface area (Å²) in [5, 5.41) is 0. The van der Waals surface area contributed by atoms with Crippen molar-refractivity contribution in [3.8, 4) is 0 Å². The molecule has 0 bridgehead atoms. The topological polar surface area (TPSA) is 38.8 Å². The average Bonchev–Trinajstić information content (AvgIpc) is 2.46. The van der Waals surface area contributed by atoms with E-state index in [-0.39, 0.29) is 6.09 Å². The van der Waals surface area contributed by atoms with Crippen LogP contribution in [0.5, 0.6) is 0 Å². The SMILES string of the molecule is O=C1OCCN1CCOCCCl. The third-order valence-electron chi connectivity index (χ3n) is 1.57. The van der Waals surface area contributed by atoms with E-state index in [1.165, 1.54) is 0 Å². The van der Waals surface area contributed by atoms with Crippen LogP contribution in [0.3, 0.4) is 0 Å². The maximum atomic E-state index is 10.9. The second-order valence-corrected chi connectivity index (χ2v) is 2.78. The van der Waals surface area contributed by atoms with Crippen LogP contribution in [0.15, 0.2) is 0 Å². The molecule has 0 N–H and O–H groups in total. The van der Waals surface area contributed by atoms with Crippen molar-refractivity contribution in [1.29, 1.82) is 0 Å². The Morgan fingerprint density at radius 3 is 3.00 bits per heavy atom. The first kappa shape index (κ1) is 9.61. The van der Waals surface area contributed by atoms with Gasteiger partial charge >= 0.3 is 6.09 Å². The van der Waals surface area contributed by atoms with Crippen molar-refractivity contribution in [2.45, 2.75) is 0 Å². The van der Waals surface area contributed by atoms with Crippen molar-refractivity contribution in [2.24, 2.45) is 0 Å². The Balaban J connectivity index is 2.02. The molecule has 0 unspecified atom stereocenters. The van der Waals surface area contributed by atoms with Gasteiger partial charge in [0.1, 0.15) is 6.61 Å². The van der Waals surface area contributed by atoms with E-state index in [2.05, 4.69) is 0 Å². The molecule has 1 aliphatic heterocycles. The molecular weight excluding hydrogens is 182 g/mol. The van der Waals surface area contributed by atoms with Crippen LogP contribution in [0.4, 0.5) is 4.79 Å². The zero-order valence-corrected chi connectivity index (χ0v) is 7.55. The van der Waals surface area contributed by atoms with Crippen LogP contribution in [0.2, 0.25) is 0 Å². The molecule has 0 aromatic carbocycles. The number of alkyl halides is 1. The van der Waals surface area contributed by atoms with Crippen LogP contribution in [0.25, 0.3) is 0 Å². The first-order valence-corrected chi connectivity index (χ1v) is 4.43. The third-order valence-corrected chi connectivity index (χ3v) is 1.73. The highest BCUT2D eigenvalue weighted by atomic mass is 35.5. The number of nitrogens with zero attached hydrogens (tertiary/aromatic N) is 1. The number of hydrogen-bond acceptors (Lipinski definition) is 3. The summed E-state index contributed by atoms with van der Waals surface area (Å²) >= 11 is 5.40. The smallest absolute Gasteiger partial charge is 0.410 e. The Labute approximate surface area is 76.4 Å². The molecule has 1 fully saturated rings. The molecule has 0 aromatic rings. The molecule has 1 aliphatic rings. The molecule has 1 rings (SSSR count). The largest absolute Gasteiger partial charge is 0.448 e. The van der Waals surface area contributed by atoms with Gasteiger partial charge in [-0.05, 0) is 0 Å². The second kappa shape index (κ2) is 5.22. The fraction of sp³-hybridized carbons (Fsp3) is 0.857. The highest BCUT2D eigenvalue weighted by Crippen LogP contribution is 2.01. The van der Waals surface area contributed by atoms with Gasteiger partial charge in [-0.1, -0.05) is 0 Å². The highest BCUT2D eigenvalue weighted by Gasteiger charge is 2.20. The van der Waals surface area contributed by atoms with Crippen molar-refractivity contribution in [3.05, 3.63) is 0 Å². The normalized spacial score (nSPS) is 16.8. The Kier molecular flexibility index (Phi) is 4.18. The number of cyclic esters (lactones) is 1. The second-order valence-electron chi connectivity index (χ2n) is 2.40. The minimum absolute atomic E-state index is 0.246. The molecule has 0 aliphatic carbocycles. The fourth-order valence-electron chi connectivity index (χ4n) is 0.960. The Morgan fingerprint density at radius 2 is 2.42 bits per heavy atom. The van der Waals surface area contributed by atoms with Gasteiger partial charge in [-0.25, -0.2) is 4.79 Å². The standard InChI is InChI=1S/C7H12ClNO3/c8-1-4-11-5-2-9-3-6-12-7(9)10/h1-6H2. The van der Waals surface area contributed by atoms with Gasteiger partial charge in [0.15, 0.2) is 0 Å². The summed E-state index contributed by atoms with van der Waals surface area (Å²) < 4.78 is 9.84. The van der Waals surface area contributed by atoms with Crippen LogP contribution < -0.4 is 0 Å². The number of halogens is 1. The Morgan fingerprint density at radius 1 is 1.58 bits per heavy atom. The van der Waals surface area contributed by atoms with Crippen molar-refractivity contribution in [1.82, 2.24) is 4.90 Å². The maximum absolute atomic E-state index is 10.9. The third kappa shape index (κ3) is 2.87. The first-order chi connectivity index (χ1) is 5.84. The number of hydrogen-bond donors (Lipinski definition) is 0. The van der Waals surface area contributed by atoms with Gasteiger partial charge in [-0.15, -0.1) is 11.6 Å². The van der Waals surface area contributed by atoms with Crippen LogP contribution >= 0.6 is 11.6 Å². The molecule has 1 amide bonds. The zero-order chi connectivity index (χ0) is 8.81. The molecule has 12 heavy (non-hydrogen) atoms. The Bertz CT molecular complexity index is 154. The lowest BCUT2D eigenvalue weighted by atomic mass is 10.5. The summed E-state index contributed by atoms with van der Waals surface area (Å²) in [6, 6.07) is 0. The molecule has 0 aromatic heterocycles. The Hall–Kier alpha value is -0.480. The summed E-state index contributed by atoms with van der Waals surface area (Å²) in [6.07, 6.45) is -0.246. The molecule has 5 heteroatoms. The quantitative estimate of drug-likeness (QED) is 0.477. The molecule has 70 valence electrons. The number of ether oxygens (including phenoxy) is 2. The molecule has 0 saturated carbocycles. The summed E-state index contributed by atoms with van der Waals surface area (Å²) in [5.41, 5.74) is 0. The van der Waals surface area contributed by atoms with Crippen molar-refractivity contribution < 1.29 is 14.3 Å². The summed E-state index contributed by atoms with van der Waals surface area (Å²) in [6.45, 7) is 2.82. The van der Waals surface area contributed by atoms with E-state index in [0.717, 1.165) is 0 Å². The number of carbonyl (C=O) groups excluding carboxylic acids is 1. The van der Waals surface area contributed by atoms with E-state index >= 15 is 0 Å². The van der Waals surface area contributed by atoms with Crippen LogP contribution in [0, 0.1) is 0 Å². The average molecular weight is 194 g/mol. The number of carbonyl (C=O) groups is 1. The van der Waals surface area contributed by atoms with Crippen LogP contribution in [0.1, 0.15) is 0 Å². The minimum Gasteiger partial charge on any atom is -0.448 e. The number of amides is 1. The van der Waals surface area contributed by atoms with Gasteiger partial charge in [0, 0.05) is 12.4 Å². The molecule has 0 atom stereocenters. The molecule has 0 radical (unpaired) electrons. The van der Waals surface area contributed by atoms with Crippen molar-refractivity contribution >= 4 is 17.7 Å². The van der Waals surface area contributed by atoms with Gasteiger partial charge in [0.05, 0.1) is 19.8 Å². The molecular formula is C7H12ClNO3.